The first-order chi connectivity index (χ1) is 6.77. The molecule has 1 unspecified atom stereocenters. The van der Waals surface area contributed by atoms with Gasteiger partial charge in [-0.05, 0) is 24.6 Å². The largest absolute Gasteiger partial charge is 0.494 e. The minimum atomic E-state index is -0.698. The van der Waals surface area contributed by atoms with Crippen LogP contribution in [0.4, 0.5) is 0 Å². The van der Waals surface area contributed by atoms with Gasteiger partial charge in [-0.1, -0.05) is 12.1 Å². The second-order valence-corrected chi connectivity index (χ2v) is 2.88. The lowest BCUT2D eigenvalue weighted by molar-refractivity contribution is 0.183. The van der Waals surface area contributed by atoms with Gasteiger partial charge in [0.05, 0.1) is 25.2 Å². The zero-order valence-electron chi connectivity index (χ0n) is 8.10. The number of aliphatic hydroxyl groups excluding tert-OH is 1. The van der Waals surface area contributed by atoms with E-state index >= 15 is 0 Å². The third kappa shape index (κ3) is 2.75. The van der Waals surface area contributed by atoms with Crippen LogP contribution in [0.25, 0.3) is 0 Å². The Kier molecular flexibility index (Phi) is 3.96. The maximum absolute atomic E-state index is 9.48. The molecule has 14 heavy (non-hydrogen) atoms. The third-order valence-electron chi connectivity index (χ3n) is 1.86. The number of benzene rings is 1. The number of nitrogens with zero attached hydrogens (tertiary/aromatic N) is 1. The van der Waals surface area contributed by atoms with Crippen molar-refractivity contribution >= 4 is 0 Å². The standard InChI is InChI=1S/C11H13NO2/c1-2-14-10-5-3-9(4-6-10)11(13)7-8-12/h3-6,11,13H,2,7H2,1H3. The number of rotatable bonds is 4. The summed E-state index contributed by atoms with van der Waals surface area (Å²) in [5.41, 5.74) is 0.745. The van der Waals surface area contributed by atoms with Crippen LogP contribution >= 0.6 is 0 Å². The average molecular weight is 191 g/mol. The highest BCUT2D eigenvalue weighted by molar-refractivity contribution is 5.28. The Balaban J connectivity index is 2.68. The first-order valence-electron chi connectivity index (χ1n) is 4.55. The van der Waals surface area contributed by atoms with E-state index < -0.39 is 6.10 Å². The van der Waals surface area contributed by atoms with E-state index in [4.69, 9.17) is 10.00 Å². The summed E-state index contributed by atoms with van der Waals surface area (Å²) in [7, 11) is 0. The van der Waals surface area contributed by atoms with Crippen molar-refractivity contribution in [1.82, 2.24) is 0 Å². The molecular formula is C11H13NO2. The van der Waals surface area contributed by atoms with Gasteiger partial charge in [-0.15, -0.1) is 0 Å². The summed E-state index contributed by atoms with van der Waals surface area (Å²) in [6.07, 6.45) is -0.579. The van der Waals surface area contributed by atoms with Crippen molar-refractivity contribution in [1.29, 1.82) is 5.26 Å². The van der Waals surface area contributed by atoms with Crippen LogP contribution in [0, 0.1) is 11.3 Å². The van der Waals surface area contributed by atoms with Gasteiger partial charge >= 0.3 is 0 Å². The summed E-state index contributed by atoms with van der Waals surface area (Å²) in [5, 5.41) is 17.9. The molecule has 1 rings (SSSR count). The van der Waals surface area contributed by atoms with Crippen molar-refractivity contribution in [3.8, 4) is 11.8 Å². The topological polar surface area (TPSA) is 53.2 Å². The van der Waals surface area contributed by atoms with Crippen LogP contribution in [0.15, 0.2) is 24.3 Å². The first kappa shape index (κ1) is 10.6. The Morgan fingerprint density at radius 3 is 2.57 bits per heavy atom. The lowest BCUT2D eigenvalue weighted by atomic mass is 10.1. The van der Waals surface area contributed by atoms with Gasteiger partial charge in [0, 0.05) is 0 Å². The van der Waals surface area contributed by atoms with Gasteiger partial charge in [-0.25, -0.2) is 0 Å². The first-order valence-corrected chi connectivity index (χ1v) is 4.55. The van der Waals surface area contributed by atoms with E-state index in [9.17, 15) is 5.11 Å². The second kappa shape index (κ2) is 5.25. The van der Waals surface area contributed by atoms with E-state index in [0.29, 0.717) is 6.61 Å². The normalized spacial score (nSPS) is 11.8. The molecule has 0 saturated heterocycles. The fourth-order valence-electron chi connectivity index (χ4n) is 1.16. The SMILES string of the molecule is CCOc1ccc(C(O)CC#N)cc1. The molecule has 1 atom stereocenters. The summed E-state index contributed by atoms with van der Waals surface area (Å²) in [6, 6.07) is 9.05. The highest BCUT2D eigenvalue weighted by Crippen LogP contribution is 2.19. The van der Waals surface area contributed by atoms with Gasteiger partial charge in [0.25, 0.3) is 0 Å². The number of hydrogen-bond donors (Lipinski definition) is 1. The smallest absolute Gasteiger partial charge is 0.119 e. The molecule has 3 nitrogen and oxygen atoms in total. The van der Waals surface area contributed by atoms with Crippen molar-refractivity contribution in [2.75, 3.05) is 6.61 Å². The summed E-state index contributed by atoms with van der Waals surface area (Å²) in [5.74, 6) is 0.778. The van der Waals surface area contributed by atoms with Gasteiger partial charge in [0.2, 0.25) is 0 Å². The van der Waals surface area contributed by atoms with Crippen molar-refractivity contribution in [3.63, 3.8) is 0 Å². The van der Waals surface area contributed by atoms with E-state index in [1.807, 2.05) is 13.0 Å². The Hall–Kier alpha value is -1.53. The lowest BCUT2D eigenvalue weighted by Crippen LogP contribution is -1.96. The van der Waals surface area contributed by atoms with E-state index in [-0.39, 0.29) is 6.42 Å². The summed E-state index contributed by atoms with van der Waals surface area (Å²) >= 11 is 0. The number of nitriles is 1. The van der Waals surface area contributed by atoms with Crippen LogP contribution < -0.4 is 4.74 Å². The molecule has 0 aromatic heterocycles. The molecule has 0 amide bonds. The predicted octanol–water partition coefficient (Wildman–Crippen LogP) is 2.03. The minimum absolute atomic E-state index is 0.119. The van der Waals surface area contributed by atoms with E-state index in [1.54, 1.807) is 24.3 Å². The van der Waals surface area contributed by atoms with Crippen LogP contribution in [0.1, 0.15) is 25.0 Å². The molecule has 0 aliphatic heterocycles. The highest BCUT2D eigenvalue weighted by atomic mass is 16.5. The Morgan fingerprint density at radius 1 is 1.43 bits per heavy atom. The maximum Gasteiger partial charge on any atom is 0.119 e. The number of hydrogen-bond acceptors (Lipinski definition) is 3. The number of aliphatic hydroxyl groups is 1. The van der Waals surface area contributed by atoms with Crippen LogP contribution in [0.5, 0.6) is 5.75 Å². The molecule has 0 radical (unpaired) electrons. The van der Waals surface area contributed by atoms with Crippen molar-refractivity contribution in [2.24, 2.45) is 0 Å². The zero-order chi connectivity index (χ0) is 10.4. The fraction of sp³-hybridized carbons (Fsp3) is 0.364. The monoisotopic (exact) mass is 191 g/mol. The van der Waals surface area contributed by atoms with Crippen LogP contribution in [-0.4, -0.2) is 11.7 Å². The molecule has 1 aromatic rings. The van der Waals surface area contributed by atoms with Crippen molar-refractivity contribution in [2.45, 2.75) is 19.4 Å². The Bertz CT molecular complexity index is 313. The summed E-state index contributed by atoms with van der Waals surface area (Å²) < 4.78 is 5.25. The van der Waals surface area contributed by atoms with E-state index in [0.717, 1.165) is 11.3 Å². The lowest BCUT2D eigenvalue weighted by Gasteiger charge is -2.08. The van der Waals surface area contributed by atoms with Crippen molar-refractivity contribution < 1.29 is 9.84 Å². The summed E-state index contributed by atoms with van der Waals surface area (Å²) in [6.45, 7) is 2.54. The molecular weight excluding hydrogens is 178 g/mol. The molecule has 1 N–H and O–H groups in total. The second-order valence-electron chi connectivity index (χ2n) is 2.88. The minimum Gasteiger partial charge on any atom is -0.494 e. The maximum atomic E-state index is 9.48. The van der Waals surface area contributed by atoms with Crippen molar-refractivity contribution in [3.05, 3.63) is 29.8 Å². The molecule has 1 aromatic carbocycles. The molecule has 0 bridgehead atoms. The van der Waals surface area contributed by atoms with Crippen LogP contribution in [-0.2, 0) is 0 Å². The molecule has 0 saturated carbocycles. The quantitative estimate of drug-likeness (QED) is 0.792. The highest BCUT2D eigenvalue weighted by Gasteiger charge is 2.05. The molecule has 3 heteroatoms. The zero-order valence-corrected chi connectivity index (χ0v) is 8.10. The number of ether oxygens (including phenoxy) is 1. The molecule has 0 heterocycles. The Morgan fingerprint density at radius 2 is 2.07 bits per heavy atom. The summed E-state index contributed by atoms with van der Waals surface area (Å²) in [4.78, 5) is 0. The van der Waals surface area contributed by atoms with Gasteiger partial charge in [-0.3, -0.25) is 0 Å². The van der Waals surface area contributed by atoms with Crippen LogP contribution in [0.3, 0.4) is 0 Å². The van der Waals surface area contributed by atoms with Gasteiger partial charge in [0.15, 0.2) is 0 Å². The molecule has 0 aliphatic carbocycles. The average Bonchev–Trinajstić information content (AvgIpc) is 2.20. The predicted molar refractivity (Wildman–Crippen MR) is 52.8 cm³/mol. The molecule has 74 valence electrons. The van der Waals surface area contributed by atoms with Crippen LogP contribution in [0.2, 0.25) is 0 Å². The Labute approximate surface area is 83.6 Å². The van der Waals surface area contributed by atoms with Gasteiger partial charge in [-0.2, -0.15) is 5.26 Å². The fourth-order valence-corrected chi connectivity index (χ4v) is 1.16. The van der Waals surface area contributed by atoms with E-state index in [1.165, 1.54) is 0 Å². The van der Waals surface area contributed by atoms with Gasteiger partial charge < -0.3 is 9.84 Å². The van der Waals surface area contributed by atoms with E-state index in [2.05, 4.69) is 0 Å². The molecule has 0 spiro atoms. The molecule has 0 fully saturated rings. The third-order valence-corrected chi connectivity index (χ3v) is 1.86. The molecule has 0 aliphatic rings. The van der Waals surface area contributed by atoms with Gasteiger partial charge in [0.1, 0.15) is 5.75 Å².